The number of carbonyl (C=O) groups is 3. The van der Waals surface area contributed by atoms with Crippen LogP contribution in [0.15, 0.2) is 30.3 Å². The molecule has 25 heavy (non-hydrogen) atoms. The average molecular weight is 343 g/mol. The van der Waals surface area contributed by atoms with Gasteiger partial charge in [-0.1, -0.05) is 44.2 Å². The van der Waals surface area contributed by atoms with E-state index in [1.165, 1.54) is 0 Å². The molecule has 134 valence electrons. The molecule has 6 nitrogen and oxygen atoms in total. The molecule has 1 aliphatic carbocycles. The lowest BCUT2D eigenvalue weighted by Gasteiger charge is -2.33. The molecule has 1 aliphatic heterocycles. The van der Waals surface area contributed by atoms with Crippen molar-refractivity contribution in [1.82, 2.24) is 15.8 Å². The van der Waals surface area contributed by atoms with Crippen molar-refractivity contribution in [3.05, 3.63) is 35.9 Å². The van der Waals surface area contributed by atoms with E-state index >= 15 is 0 Å². The van der Waals surface area contributed by atoms with E-state index < -0.39 is 11.6 Å². The second-order valence-corrected chi connectivity index (χ2v) is 7.39. The Balaban J connectivity index is 1.61. The van der Waals surface area contributed by atoms with Crippen molar-refractivity contribution in [3.63, 3.8) is 0 Å². The number of nitrogens with one attached hydrogen (secondary N) is 2. The largest absolute Gasteiger partial charge is 0.344 e. The highest BCUT2D eigenvalue weighted by Gasteiger charge is 2.52. The molecule has 0 bridgehead atoms. The van der Waals surface area contributed by atoms with Crippen molar-refractivity contribution in [2.45, 2.75) is 57.4 Å². The molecule has 3 rings (SSSR count). The van der Waals surface area contributed by atoms with Gasteiger partial charge in [0.15, 0.2) is 0 Å². The van der Waals surface area contributed by atoms with Crippen LogP contribution in [0.5, 0.6) is 0 Å². The van der Waals surface area contributed by atoms with Gasteiger partial charge in [0, 0.05) is 6.42 Å². The van der Waals surface area contributed by atoms with Gasteiger partial charge in [-0.15, -0.1) is 0 Å². The number of nitrogens with zero attached hydrogens (tertiary/aromatic N) is 1. The first-order valence-electron chi connectivity index (χ1n) is 8.92. The highest BCUT2D eigenvalue weighted by atomic mass is 16.2. The number of imide groups is 1. The first-order chi connectivity index (χ1) is 11.9. The monoisotopic (exact) mass is 343 g/mol. The van der Waals surface area contributed by atoms with Crippen molar-refractivity contribution in [2.75, 3.05) is 0 Å². The Kier molecular flexibility index (Phi) is 4.79. The molecule has 1 atom stereocenters. The minimum Gasteiger partial charge on any atom is -0.322 e. The second-order valence-electron chi connectivity index (χ2n) is 7.39. The highest BCUT2D eigenvalue weighted by Crippen LogP contribution is 2.35. The Bertz CT molecular complexity index is 666. The van der Waals surface area contributed by atoms with Crippen molar-refractivity contribution in [3.8, 4) is 0 Å². The van der Waals surface area contributed by atoms with E-state index in [4.69, 9.17) is 0 Å². The molecule has 2 fully saturated rings. The summed E-state index contributed by atoms with van der Waals surface area (Å²) < 4.78 is 0. The Hall–Kier alpha value is -2.37. The Morgan fingerprint density at radius 3 is 2.56 bits per heavy atom. The van der Waals surface area contributed by atoms with E-state index in [-0.39, 0.29) is 24.2 Å². The lowest BCUT2D eigenvalue weighted by molar-refractivity contribution is -0.140. The summed E-state index contributed by atoms with van der Waals surface area (Å²) in [5, 5.41) is 3.67. The predicted octanol–water partition coefficient (Wildman–Crippen LogP) is 2.71. The minimum absolute atomic E-state index is 0.00598. The maximum Gasteiger partial charge on any atom is 0.344 e. The normalized spacial score (nSPS) is 27.3. The zero-order valence-electron chi connectivity index (χ0n) is 14.7. The number of rotatable bonds is 4. The van der Waals surface area contributed by atoms with Gasteiger partial charge in [0.05, 0.1) is 0 Å². The summed E-state index contributed by atoms with van der Waals surface area (Å²) >= 11 is 0. The molecule has 6 heteroatoms. The van der Waals surface area contributed by atoms with E-state index in [0.29, 0.717) is 18.8 Å². The summed E-state index contributed by atoms with van der Waals surface area (Å²) in [4.78, 5) is 37.2. The van der Waals surface area contributed by atoms with Crippen LogP contribution in [0.3, 0.4) is 0 Å². The van der Waals surface area contributed by atoms with Crippen molar-refractivity contribution in [1.29, 1.82) is 0 Å². The Morgan fingerprint density at radius 1 is 1.28 bits per heavy atom. The van der Waals surface area contributed by atoms with Crippen molar-refractivity contribution < 1.29 is 14.4 Å². The van der Waals surface area contributed by atoms with Gasteiger partial charge in [-0.3, -0.25) is 15.0 Å². The van der Waals surface area contributed by atoms with Crippen LogP contribution >= 0.6 is 0 Å². The van der Waals surface area contributed by atoms with Crippen LogP contribution in [-0.2, 0) is 9.59 Å². The van der Waals surface area contributed by atoms with Gasteiger partial charge in [0.25, 0.3) is 5.91 Å². The summed E-state index contributed by atoms with van der Waals surface area (Å²) in [6, 6.07) is 9.17. The van der Waals surface area contributed by atoms with Gasteiger partial charge in [0.1, 0.15) is 5.54 Å². The van der Waals surface area contributed by atoms with Crippen molar-refractivity contribution >= 4 is 17.8 Å². The van der Waals surface area contributed by atoms with Crippen LogP contribution in [0.25, 0.3) is 0 Å². The quantitative estimate of drug-likeness (QED) is 0.825. The fourth-order valence-corrected chi connectivity index (χ4v) is 3.66. The average Bonchev–Trinajstić information content (AvgIpc) is 2.83. The maximum atomic E-state index is 12.7. The van der Waals surface area contributed by atoms with Crippen LogP contribution in [0.4, 0.5) is 4.79 Å². The number of urea groups is 1. The first kappa shape index (κ1) is 17.5. The van der Waals surface area contributed by atoms with Crippen molar-refractivity contribution in [2.24, 2.45) is 5.92 Å². The Morgan fingerprint density at radius 2 is 1.92 bits per heavy atom. The topological polar surface area (TPSA) is 78.5 Å². The standard InChI is InChI=1S/C19H25N3O3/c1-13-8-10-19(11-9-13)17(24)22(18(25)20-19)21-16(23)12-14(2)15-6-4-3-5-7-15/h3-7,13-14H,8-12H2,1-2H3,(H,20,25)(H,21,23). The zero-order chi connectivity index (χ0) is 18.0. The molecule has 0 radical (unpaired) electrons. The van der Waals surface area contributed by atoms with Gasteiger partial charge >= 0.3 is 6.03 Å². The zero-order valence-corrected chi connectivity index (χ0v) is 14.7. The molecule has 1 spiro atoms. The number of hydrogen-bond donors (Lipinski definition) is 2. The van der Waals surface area contributed by atoms with Crippen LogP contribution < -0.4 is 10.7 Å². The molecule has 2 N–H and O–H groups in total. The van der Waals surface area contributed by atoms with Gasteiger partial charge < -0.3 is 5.32 Å². The predicted molar refractivity (Wildman–Crippen MR) is 93.4 cm³/mol. The molecule has 2 aliphatic rings. The smallest absolute Gasteiger partial charge is 0.322 e. The number of carbonyl (C=O) groups excluding carboxylic acids is 3. The van der Waals surface area contributed by atoms with E-state index in [1.54, 1.807) is 0 Å². The number of hydrogen-bond acceptors (Lipinski definition) is 3. The molecular weight excluding hydrogens is 318 g/mol. The minimum atomic E-state index is -0.831. The first-order valence-corrected chi connectivity index (χ1v) is 8.92. The van der Waals surface area contributed by atoms with E-state index in [2.05, 4.69) is 17.7 Å². The fraction of sp³-hybridized carbons (Fsp3) is 0.526. The van der Waals surface area contributed by atoms with E-state index in [0.717, 1.165) is 23.4 Å². The highest BCUT2D eigenvalue weighted by molar-refractivity contribution is 6.08. The molecular formula is C19H25N3O3. The molecule has 1 aromatic carbocycles. The molecule has 1 saturated carbocycles. The third-order valence-electron chi connectivity index (χ3n) is 5.39. The number of amides is 4. The molecule has 1 aromatic rings. The molecule has 4 amide bonds. The number of hydrazine groups is 1. The fourth-order valence-electron chi connectivity index (χ4n) is 3.66. The van der Waals surface area contributed by atoms with Crippen LogP contribution in [-0.4, -0.2) is 28.4 Å². The van der Waals surface area contributed by atoms with Gasteiger partial charge in [-0.2, -0.15) is 5.01 Å². The van der Waals surface area contributed by atoms with Crippen LogP contribution in [0.1, 0.15) is 57.4 Å². The van der Waals surface area contributed by atoms with Gasteiger partial charge in [-0.05, 0) is 43.1 Å². The molecule has 1 saturated heterocycles. The van der Waals surface area contributed by atoms with Gasteiger partial charge in [0.2, 0.25) is 5.91 Å². The summed E-state index contributed by atoms with van der Waals surface area (Å²) in [5.74, 6) is -0.0941. The summed E-state index contributed by atoms with van der Waals surface area (Å²) in [6.45, 7) is 4.10. The molecule has 1 heterocycles. The third kappa shape index (κ3) is 3.52. The second kappa shape index (κ2) is 6.86. The maximum absolute atomic E-state index is 12.7. The van der Waals surface area contributed by atoms with E-state index in [9.17, 15) is 14.4 Å². The van der Waals surface area contributed by atoms with E-state index in [1.807, 2.05) is 37.3 Å². The molecule has 0 aromatic heterocycles. The van der Waals surface area contributed by atoms with Gasteiger partial charge in [-0.25, -0.2) is 4.79 Å². The summed E-state index contributed by atoms with van der Waals surface area (Å²) in [6.07, 6.45) is 3.28. The SMILES string of the molecule is CC1CCC2(CC1)NC(=O)N(NC(=O)CC(C)c1ccccc1)C2=O. The number of benzene rings is 1. The summed E-state index contributed by atoms with van der Waals surface area (Å²) in [7, 11) is 0. The summed E-state index contributed by atoms with van der Waals surface area (Å²) in [5.41, 5.74) is 2.71. The lowest BCUT2D eigenvalue weighted by Crippen LogP contribution is -2.51. The van der Waals surface area contributed by atoms with Crippen LogP contribution in [0, 0.1) is 5.92 Å². The Labute approximate surface area is 147 Å². The third-order valence-corrected chi connectivity index (χ3v) is 5.39. The molecule has 1 unspecified atom stereocenters. The lowest BCUT2D eigenvalue weighted by atomic mass is 9.77. The van der Waals surface area contributed by atoms with Crippen LogP contribution in [0.2, 0.25) is 0 Å².